The Morgan fingerprint density at radius 2 is 2.36 bits per heavy atom. The molecule has 1 heterocycles. The third-order valence-electron chi connectivity index (χ3n) is 1.34. The summed E-state index contributed by atoms with van der Waals surface area (Å²) in [5.41, 5.74) is 1.03. The van der Waals surface area contributed by atoms with Gasteiger partial charge in [0.1, 0.15) is 0 Å². The van der Waals surface area contributed by atoms with Crippen LogP contribution in [-0.2, 0) is 0 Å². The van der Waals surface area contributed by atoms with Gasteiger partial charge in [0.05, 0.1) is 0 Å². The molecule has 0 aliphatic carbocycles. The number of allylic oxidation sites excluding steroid dienone is 1. The van der Waals surface area contributed by atoms with Gasteiger partial charge in [0.15, 0.2) is 0 Å². The number of nitrogens with zero attached hydrogens (tertiary/aromatic N) is 1. The fraction of sp³-hybridized carbons (Fsp3) is 0.100. The average molecular weight is 145 g/mol. The SMILES string of the molecule is C=C(C)/C=c1/ccncc1=C. The zero-order valence-electron chi connectivity index (χ0n) is 6.67. The first-order valence-electron chi connectivity index (χ1n) is 3.46. The van der Waals surface area contributed by atoms with E-state index in [0.717, 1.165) is 16.0 Å². The number of aromatic nitrogens is 1. The Morgan fingerprint density at radius 3 is 2.91 bits per heavy atom. The van der Waals surface area contributed by atoms with Crippen LogP contribution in [0.4, 0.5) is 0 Å². The second kappa shape index (κ2) is 3.15. The highest BCUT2D eigenvalue weighted by atomic mass is 14.6. The van der Waals surface area contributed by atoms with E-state index in [1.165, 1.54) is 0 Å². The zero-order chi connectivity index (χ0) is 8.27. The molecule has 0 saturated heterocycles. The molecular weight excluding hydrogens is 134 g/mol. The van der Waals surface area contributed by atoms with Gasteiger partial charge in [0, 0.05) is 12.4 Å². The first-order valence-corrected chi connectivity index (χ1v) is 3.46. The van der Waals surface area contributed by atoms with Crippen LogP contribution in [0.2, 0.25) is 0 Å². The zero-order valence-corrected chi connectivity index (χ0v) is 6.67. The quantitative estimate of drug-likeness (QED) is 0.571. The summed E-state index contributed by atoms with van der Waals surface area (Å²) in [4.78, 5) is 3.94. The Labute approximate surface area is 66.4 Å². The van der Waals surface area contributed by atoms with Crippen molar-refractivity contribution in [1.82, 2.24) is 4.98 Å². The third kappa shape index (κ3) is 2.04. The first-order chi connectivity index (χ1) is 5.20. The molecule has 0 N–H and O–H groups in total. The van der Waals surface area contributed by atoms with E-state index < -0.39 is 0 Å². The van der Waals surface area contributed by atoms with Crippen molar-refractivity contribution in [3.8, 4) is 0 Å². The molecule has 56 valence electrons. The lowest BCUT2D eigenvalue weighted by Crippen LogP contribution is -2.22. The summed E-state index contributed by atoms with van der Waals surface area (Å²) in [6.07, 6.45) is 5.49. The molecule has 0 saturated carbocycles. The van der Waals surface area contributed by atoms with Gasteiger partial charge >= 0.3 is 0 Å². The van der Waals surface area contributed by atoms with Gasteiger partial charge in [0.25, 0.3) is 0 Å². The van der Waals surface area contributed by atoms with Crippen LogP contribution in [0.25, 0.3) is 12.7 Å². The molecule has 0 radical (unpaired) electrons. The van der Waals surface area contributed by atoms with E-state index in [-0.39, 0.29) is 0 Å². The minimum absolute atomic E-state index is 0.940. The molecule has 0 unspecified atom stereocenters. The van der Waals surface area contributed by atoms with E-state index in [2.05, 4.69) is 18.1 Å². The van der Waals surface area contributed by atoms with Crippen molar-refractivity contribution in [3.63, 3.8) is 0 Å². The van der Waals surface area contributed by atoms with Gasteiger partial charge < -0.3 is 0 Å². The topological polar surface area (TPSA) is 12.9 Å². The van der Waals surface area contributed by atoms with Gasteiger partial charge in [-0.25, -0.2) is 0 Å². The first kappa shape index (κ1) is 7.73. The van der Waals surface area contributed by atoms with Crippen LogP contribution in [0.1, 0.15) is 6.92 Å². The smallest absolute Gasteiger partial charge is 0.0340 e. The molecule has 0 aliphatic rings. The summed E-state index contributed by atoms with van der Waals surface area (Å²) >= 11 is 0. The summed E-state index contributed by atoms with van der Waals surface area (Å²) in [6.45, 7) is 9.58. The molecule has 0 spiro atoms. The Morgan fingerprint density at radius 1 is 1.64 bits per heavy atom. The summed E-state index contributed by atoms with van der Waals surface area (Å²) in [5, 5.41) is 2.03. The van der Waals surface area contributed by atoms with Crippen molar-refractivity contribution in [2.75, 3.05) is 0 Å². The molecule has 0 fully saturated rings. The number of pyridine rings is 1. The van der Waals surface area contributed by atoms with Crippen LogP contribution in [0.15, 0.2) is 30.6 Å². The van der Waals surface area contributed by atoms with Crippen LogP contribution in [0.5, 0.6) is 0 Å². The molecule has 1 heteroatoms. The Bertz CT molecular complexity index is 363. The molecule has 1 aromatic rings. The largest absolute Gasteiger partial charge is 0.264 e. The van der Waals surface area contributed by atoms with Crippen molar-refractivity contribution in [1.29, 1.82) is 0 Å². The van der Waals surface area contributed by atoms with Crippen LogP contribution in [-0.4, -0.2) is 4.98 Å². The van der Waals surface area contributed by atoms with Crippen LogP contribution >= 0.6 is 0 Å². The lowest BCUT2D eigenvalue weighted by molar-refractivity contribution is 1.28. The minimum atomic E-state index is 0.940. The molecule has 1 rings (SSSR count). The molecular formula is C10H11N. The highest BCUT2D eigenvalue weighted by Crippen LogP contribution is 1.84. The lowest BCUT2D eigenvalue weighted by Gasteiger charge is -1.87. The van der Waals surface area contributed by atoms with E-state index >= 15 is 0 Å². The summed E-state index contributed by atoms with van der Waals surface area (Å²) in [7, 11) is 0. The second-order valence-corrected chi connectivity index (χ2v) is 2.57. The predicted molar refractivity (Wildman–Crippen MR) is 48.3 cm³/mol. The molecule has 0 amide bonds. The van der Waals surface area contributed by atoms with Gasteiger partial charge in [-0.2, -0.15) is 0 Å². The van der Waals surface area contributed by atoms with Crippen molar-refractivity contribution < 1.29 is 0 Å². The molecule has 11 heavy (non-hydrogen) atoms. The Kier molecular flexibility index (Phi) is 2.21. The van der Waals surface area contributed by atoms with Crippen molar-refractivity contribution >= 4 is 12.7 Å². The molecule has 0 aromatic carbocycles. The summed E-state index contributed by atoms with van der Waals surface area (Å²) in [5.74, 6) is 0. The van der Waals surface area contributed by atoms with Gasteiger partial charge in [-0.3, -0.25) is 4.98 Å². The van der Waals surface area contributed by atoms with Crippen LogP contribution in [0.3, 0.4) is 0 Å². The number of hydrogen-bond acceptors (Lipinski definition) is 1. The van der Waals surface area contributed by atoms with Crippen LogP contribution < -0.4 is 10.4 Å². The van der Waals surface area contributed by atoms with Gasteiger partial charge in [-0.1, -0.05) is 24.8 Å². The maximum atomic E-state index is 3.94. The van der Waals surface area contributed by atoms with E-state index in [4.69, 9.17) is 0 Å². The van der Waals surface area contributed by atoms with Gasteiger partial charge in [-0.05, 0) is 23.4 Å². The third-order valence-corrected chi connectivity index (χ3v) is 1.34. The molecule has 0 bridgehead atoms. The fourth-order valence-corrected chi connectivity index (χ4v) is 0.844. The maximum absolute atomic E-state index is 3.94. The maximum Gasteiger partial charge on any atom is 0.0340 e. The van der Waals surface area contributed by atoms with E-state index in [0.29, 0.717) is 0 Å². The molecule has 1 aromatic heterocycles. The monoisotopic (exact) mass is 145 g/mol. The Hall–Kier alpha value is -1.37. The molecule has 1 nitrogen and oxygen atoms in total. The van der Waals surface area contributed by atoms with E-state index in [1.54, 1.807) is 12.4 Å². The second-order valence-electron chi connectivity index (χ2n) is 2.57. The summed E-state index contributed by atoms with van der Waals surface area (Å²) < 4.78 is 0. The number of rotatable bonds is 1. The molecule has 0 aliphatic heterocycles. The fourth-order valence-electron chi connectivity index (χ4n) is 0.844. The van der Waals surface area contributed by atoms with Crippen molar-refractivity contribution in [3.05, 3.63) is 41.0 Å². The summed E-state index contributed by atoms with van der Waals surface area (Å²) in [6, 6.07) is 1.93. The standard InChI is InChI=1S/C10H11N/c1-8(2)6-10-4-5-11-7-9(10)3/h4-7H,1,3H2,2H3/b10-6-. The van der Waals surface area contributed by atoms with E-state index in [9.17, 15) is 0 Å². The molecule has 0 atom stereocenters. The predicted octanol–water partition coefficient (Wildman–Crippen LogP) is 0.848. The van der Waals surface area contributed by atoms with Gasteiger partial charge in [-0.15, -0.1) is 0 Å². The highest BCUT2D eigenvalue weighted by molar-refractivity contribution is 5.43. The lowest BCUT2D eigenvalue weighted by atomic mass is 10.2. The normalized spacial score (nSPS) is 11.5. The average Bonchev–Trinajstić information content (AvgIpc) is 1.93. The number of hydrogen-bond donors (Lipinski definition) is 0. The Balaban J connectivity index is 3.36. The highest BCUT2D eigenvalue weighted by Gasteiger charge is 1.80. The van der Waals surface area contributed by atoms with Crippen molar-refractivity contribution in [2.24, 2.45) is 0 Å². The van der Waals surface area contributed by atoms with Crippen LogP contribution in [0, 0.1) is 0 Å². The minimum Gasteiger partial charge on any atom is -0.264 e. The van der Waals surface area contributed by atoms with E-state index in [1.807, 2.05) is 19.1 Å². The van der Waals surface area contributed by atoms with Gasteiger partial charge in [0.2, 0.25) is 0 Å². The van der Waals surface area contributed by atoms with Crippen molar-refractivity contribution in [2.45, 2.75) is 6.92 Å².